The number of carbonyl (C=O) groups excluding carboxylic acids is 1. The molecule has 1 unspecified atom stereocenters. The van der Waals surface area contributed by atoms with Crippen LogP contribution in [0.25, 0.3) is 0 Å². The van der Waals surface area contributed by atoms with Gasteiger partial charge in [0.25, 0.3) is 0 Å². The molecule has 1 aliphatic heterocycles. The third-order valence-electron chi connectivity index (χ3n) is 6.11. The van der Waals surface area contributed by atoms with Crippen molar-refractivity contribution in [3.05, 3.63) is 36.4 Å². The maximum absolute atomic E-state index is 13.0. The predicted molar refractivity (Wildman–Crippen MR) is 121 cm³/mol. The summed E-state index contributed by atoms with van der Waals surface area (Å²) >= 11 is 0. The minimum absolute atomic E-state index is 0.0537. The molecule has 33 heavy (non-hydrogen) atoms. The second-order valence-corrected chi connectivity index (χ2v) is 9.32. The fourth-order valence-electron chi connectivity index (χ4n) is 4.30. The number of imidazole rings is 1. The van der Waals surface area contributed by atoms with Gasteiger partial charge in [0.15, 0.2) is 11.5 Å². The quantitative estimate of drug-likeness (QED) is 0.576. The van der Waals surface area contributed by atoms with E-state index in [4.69, 9.17) is 4.74 Å². The average Bonchev–Trinajstić information content (AvgIpc) is 3.46. The molecule has 1 aromatic carbocycles. The van der Waals surface area contributed by atoms with Crippen LogP contribution in [0.2, 0.25) is 0 Å². The van der Waals surface area contributed by atoms with Gasteiger partial charge >= 0.3 is 6.61 Å². The lowest BCUT2D eigenvalue weighted by Gasteiger charge is -2.43. The van der Waals surface area contributed by atoms with Crippen LogP contribution in [0, 0.1) is 11.8 Å². The van der Waals surface area contributed by atoms with E-state index in [0.717, 1.165) is 30.6 Å². The van der Waals surface area contributed by atoms with E-state index in [1.54, 1.807) is 30.7 Å². The predicted octanol–water partition coefficient (Wildman–Crippen LogP) is 4.11. The highest BCUT2D eigenvalue weighted by molar-refractivity contribution is 5.79. The molecule has 1 aromatic heterocycles. The van der Waals surface area contributed by atoms with Gasteiger partial charge in [-0.05, 0) is 43.2 Å². The lowest BCUT2D eigenvalue weighted by molar-refractivity contribution is -0.133. The van der Waals surface area contributed by atoms with Crippen LogP contribution in [0.1, 0.15) is 38.8 Å². The molecule has 2 heterocycles. The van der Waals surface area contributed by atoms with Crippen molar-refractivity contribution >= 4 is 11.6 Å². The molecule has 0 radical (unpaired) electrons. The average molecular weight is 463 g/mol. The molecule has 4 rings (SSSR count). The Bertz CT molecular complexity index is 918. The minimum atomic E-state index is -2.90. The van der Waals surface area contributed by atoms with E-state index in [0.29, 0.717) is 43.8 Å². The highest BCUT2D eigenvalue weighted by Gasteiger charge is 2.32. The number of H-pyrrole nitrogens is 1. The summed E-state index contributed by atoms with van der Waals surface area (Å²) in [6.07, 6.45) is 6.69. The molecule has 0 spiro atoms. The van der Waals surface area contributed by atoms with E-state index in [1.807, 2.05) is 4.90 Å². The molecule has 2 aromatic rings. The summed E-state index contributed by atoms with van der Waals surface area (Å²) in [7, 11) is 0. The number of carbonyl (C=O) groups is 1. The molecule has 1 atom stereocenters. The van der Waals surface area contributed by atoms with Crippen LogP contribution in [-0.4, -0.2) is 59.7 Å². The first kappa shape index (κ1) is 23.3. The van der Waals surface area contributed by atoms with E-state index in [9.17, 15) is 13.6 Å². The maximum atomic E-state index is 13.0. The topological polar surface area (TPSA) is 70.7 Å². The Labute approximate surface area is 193 Å². The van der Waals surface area contributed by atoms with Crippen molar-refractivity contribution in [3.63, 3.8) is 0 Å². The van der Waals surface area contributed by atoms with Gasteiger partial charge in [0, 0.05) is 43.6 Å². The highest BCUT2D eigenvalue weighted by Crippen LogP contribution is 2.37. The van der Waals surface area contributed by atoms with Crippen LogP contribution in [0.3, 0.4) is 0 Å². The fraction of sp³-hybridized carbons (Fsp3) is 0.583. The number of hydrogen-bond donors (Lipinski definition) is 1. The number of benzene rings is 1. The second-order valence-electron chi connectivity index (χ2n) is 9.32. The molecule has 1 saturated carbocycles. The van der Waals surface area contributed by atoms with Crippen molar-refractivity contribution in [2.75, 3.05) is 31.1 Å². The lowest BCUT2D eigenvalue weighted by Crippen LogP contribution is -2.56. The summed E-state index contributed by atoms with van der Waals surface area (Å²) < 4.78 is 36.2. The standard InChI is InChI=1S/C24H32F2N4O3/c1-16(2)9-20-13-29(7-8-30(20)23(31)10-18-12-27-15-28-18)19-5-6-21(33-24(25)26)22(11-19)32-14-17-3-4-17/h5-6,11-12,15-17,20,24H,3-4,7-10,13-14H2,1-2H3,(H,27,28). The number of nitrogens with one attached hydrogen (secondary N) is 1. The smallest absolute Gasteiger partial charge is 0.387 e. The second kappa shape index (κ2) is 10.4. The van der Waals surface area contributed by atoms with Gasteiger partial charge < -0.3 is 24.3 Å². The zero-order valence-corrected chi connectivity index (χ0v) is 19.2. The Kier molecular flexibility index (Phi) is 7.35. The number of halogens is 2. The SMILES string of the molecule is CC(C)CC1CN(c2ccc(OC(F)F)c(OCC3CC3)c2)CCN1C(=O)Cc1c[nH]cn1. The summed E-state index contributed by atoms with van der Waals surface area (Å²) in [6, 6.07) is 5.18. The first-order chi connectivity index (χ1) is 15.9. The molecule has 1 saturated heterocycles. The van der Waals surface area contributed by atoms with E-state index < -0.39 is 6.61 Å². The summed E-state index contributed by atoms with van der Waals surface area (Å²) in [5, 5.41) is 0. The Morgan fingerprint density at radius 3 is 2.73 bits per heavy atom. The number of rotatable bonds is 10. The van der Waals surface area contributed by atoms with Crippen LogP contribution in [0.15, 0.2) is 30.7 Å². The molecule has 1 N–H and O–H groups in total. The molecule has 2 aliphatic rings. The number of piperazine rings is 1. The molecule has 0 bridgehead atoms. The van der Waals surface area contributed by atoms with Gasteiger partial charge in [-0.3, -0.25) is 4.79 Å². The normalized spacial score (nSPS) is 18.8. The van der Waals surface area contributed by atoms with Crippen LogP contribution >= 0.6 is 0 Å². The van der Waals surface area contributed by atoms with Gasteiger partial charge in [0.1, 0.15) is 0 Å². The molecular formula is C24H32F2N4O3. The van der Waals surface area contributed by atoms with Crippen LogP contribution < -0.4 is 14.4 Å². The first-order valence-corrected chi connectivity index (χ1v) is 11.6. The van der Waals surface area contributed by atoms with E-state index >= 15 is 0 Å². The van der Waals surface area contributed by atoms with Gasteiger partial charge in [-0.15, -0.1) is 0 Å². The number of alkyl halides is 2. The molecular weight excluding hydrogens is 430 g/mol. The summed E-state index contributed by atoms with van der Waals surface area (Å²) in [5.74, 6) is 1.39. The van der Waals surface area contributed by atoms with Crippen LogP contribution in [-0.2, 0) is 11.2 Å². The van der Waals surface area contributed by atoms with E-state index in [1.165, 1.54) is 0 Å². The summed E-state index contributed by atoms with van der Waals surface area (Å²) in [4.78, 5) is 24.2. The molecule has 180 valence electrons. The third kappa shape index (κ3) is 6.36. The van der Waals surface area contributed by atoms with Gasteiger partial charge in [-0.2, -0.15) is 8.78 Å². The Morgan fingerprint density at radius 1 is 1.24 bits per heavy atom. The van der Waals surface area contributed by atoms with Crippen molar-refractivity contribution in [1.29, 1.82) is 0 Å². The van der Waals surface area contributed by atoms with Crippen molar-refractivity contribution in [2.24, 2.45) is 11.8 Å². The molecule has 7 nitrogen and oxygen atoms in total. The Hall–Kier alpha value is -2.84. The van der Waals surface area contributed by atoms with E-state index in [-0.39, 0.29) is 24.1 Å². The molecule has 2 fully saturated rings. The van der Waals surface area contributed by atoms with Crippen LogP contribution in [0.4, 0.5) is 14.5 Å². The number of aromatic nitrogens is 2. The van der Waals surface area contributed by atoms with Crippen molar-refractivity contribution in [3.8, 4) is 11.5 Å². The van der Waals surface area contributed by atoms with Crippen molar-refractivity contribution in [1.82, 2.24) is 14.9 Å². The largest absolute Gasteiger partial charge is 0.489 e. The van der Waals surface area contributed by atoms with E-state index in [2.05, 4.69) is 33.5 Å². The Morgan fingerprint density at radius 2 is 2.06 bits per heavy atom. The zero-order chi connectivity index (χ0) is 23.4. The molecule has 1 amide bonds. The minimum Gasteiger partial charge on any atom is -0.489 e. The van der Waals surface area contributed by atoms with Gasteiger partial charge in [-0.1, -0.05) is 13.8 Å². The first-order valence-electron chi connectivity index (χ1n) is 11.6. The Balaban J connectivity index is 1.48. The third-order valence-corrected chi connectivity index (χ3v) is 6.11. The van der Waals surface area contributed by atoms with Crippen molar-refractivity contribution < 1.29 is 23.0 Å². The number of ether oxygens (including phenoxy) is 2. The van der Waals surface area contributed by atoms with Gasteiger partial charge in [-0.25, -0.2) is 4.98 Å². The molecule has 9 heteroatoms. The number of amides is 1. The highest BCUT2D eigenvalue weighted by atomic mass is 19.3. The summed E-state index contributed by atoms with van der Waals surface area (Å²) in [6.45, 7) is 3.81. The van der Waals surface area contributed by atoms with Crippen LogP contribution in [0.5, 0.6) is 11.5 Å². The lowest BCUT2D eigenvalue weighted by atomic mass is 9.99. The molecule has 1 aliphatic carbocycles. The maximum Gasteiger partial charge on any atom is 0.387 e. The van der Waals surface area contributed by atoms with Gasteiger partial charge in [0.05, 0.1) is 25.0 Å². The summed E-state index contributed by atoms with van der Waals surface area (Å²) in [5.41, 5.74) is 1.62. The van der Waals surface area contributed by atoms with Crippen molar-refractivity contribution in [2.45, 2.75) is 52.2 Å². The number of aromatic amines is 1. The zero-order valence-electron chi connectivity index (χ0n) is 19.2. The number of hydrogen-bond acceptors (Lipinski definition) is 5. The number of anilines is 1. The fourth-order valence-corrected chi connectivity index (χ4v) is 4.30. The van der Waals surface area contributed by atoms with Gasteiger partial charge in [0.2, 0.25) is 5.91 Å². The monoisotopic (exact) mass is 462 g/mol. The number of nitrogens with zero attached hydrogens (tertiary/aromatic N) is 3.